The minimum atomic E-state index is -0.657. The first-order valence-corrected chi connectivity index (χ1v) is 22.4. The van der Waals surface area contributed by atoms with Gasteiger partial charge in [-0.2, -0.15) is 0 Å². The predicted molar refractivity (Wildman–Crippen MR) is 216 cm³/mol. The number of aliphatic hydroxyl groups is 2. The Balaban J connectivity index is 3.50. The lowest BCUT2D eigenvalue weighted by molar-refractivity contribution is -0.123. The van der Waals surface area contributed by atoms with E-state index in [9.17, 15) is 15.0 Å². The van der Waals surface area contributed by atoms with Gasteiger partial charge in [0.1, 0.15) is 0 Å². The lowest BCUT2D eigenvalue weighted by Crippen LogP contribution is -2.45. The molecule has 0 saturated heterocycles. The van der Waals surface area contributed by atoms with Crippen molar-refractivity contribution in [3.8, 4) is 0 Å². The maximum atomic E-state index is 12.4. The predicted octanol–water partition coefficient (Wildman–Crippen LogP) is 13.9. The molecule has 0 spiro atoms. The van der Waals surface area contributed by atoms with Crippen LogP contribution in [0.4, 0.5) is 0 Å². The fourth-order valence-electron chi connectivity index (χ4n) is 7.06. The Hall–Kier alpha value is -0.870. The van der Waals surface area contributed by atoms with Crippen molar-refractivity contribution in [1.29, 1.82) is 0 Å². The van der Waals surface area contributed by atoms with Crippen molar-refractivity contribution < 1.29 is 15.0 Å². The van der Waals surface area contributed by atoms with Gasteiger partial charge in [-0.3, -0.25) is 4.79 Å². The smallest absolute Gasteiger partial charge is 0.220 e. The Bertz CT molecular complexity index is 666. The highest BCUT2D eigenvalue weighted by atomic mass is 16.3. The number of nitrogens with one attached hydrogen (secondary N) is 1. The van der Waals surface area contributed by atoms with Crippen molar-refractivity contribution in [3.63, 3.8) is 0 Å². The molecule has 49 heavy (non-hydrogen) atoms. The Morgan fingerprint density at radius 1 is 0.469 bits per heavy atom. The summed E-state index contributed by atoms with van der Waals surface area (Å²) in [6.07, 6.45) is 51.4. The molecule has 0 aromatic carbocycles. The topological polar surface area (TPSA) is 69.6 Å². The molecule has 0 saturated carbocycles. The third-order valence-corrected chi connectivity index (χ3v) is 10.5. The summed E-state index contributed by atoms with van der Waals surface area (Å²) in [7, 11) is 0. The molecule has 0 rings (SSSR count). The Morgan fingerprint density at radius 2 is 0.776 bits per heavy atom. The van der Waals surface area contributed by atoms with Crippen LogP contribution in [0.2, 0.25) is 0 Å². The number of carbonyl (C=O) groups excluding carboxylic acids is 1. The molecule has 0 fully saturated rings. The van der Waals surface area contributed by atoms with Crippen LogP contribution in [0, 0.1) is 0 Å². The molecule has 2 unspecified atom stereocenters. The highest BCUT2D eigenvalue weighted by molar-refractivity contribution is 5.76. The zero-order valence-electron chi connectivity index (χ0n) is 33.5. The fourth-order valence-corrected chi connectivity index (χ4v) is 7.06. The van der Waals surface area contributed by atoms with Crippen molar-refractivity contribution in [2.24, 2.45) is 0 Å². The molecular formula is C45H89NO3. The molecule has 0 bridgehead atoms. The second kappa shape index (κ2) is 41.5. The number of hydrogen-bond donors (Lipinski definition) is 3. The van der Waals surface area contributed by atoms with E-state index in [1.165, 1.54) is 199 Å². The number of amides is 1. The highest BCUT2D eigenvalue weighted by Crippen LogP contribution is 2.16. The summed E-state index contributed by atoms with van der Waals surface area (Å²) < 4.78 is 0. The third kappa shape index (κ3) is 38.2. The lowest BCUT2D eigenvalue weighted by atomic mass is 10.0. The largest absolute Gasteiger partial charge is 0.394 e. The van der Waals surface area contributed by atoms with Gasteiger partial charge in [0, 0.05) is 6.42 Å². The van der Waals surface area contributed by atoms with E-state index in [1.54, 1.807) is 0 Å². The van der Waals surface area contributed by atoms with Gasteiger partial charge in [0.2, 0.25) is 5.91 Å². The molecule has 292 valence electrons. The molecule has 0 radical (unpaired) electrons. The van der Waals surface area contributed by atoms with E-state index in [0.717, 1.165) is 25.7 Å². The SMILES string of the molecule is CCCCCCCCCC/C=C\CCCCCCCCCC(=O)NC(CO)C(O)CCCCCCCCCCCCCCCCCCCC. The number of allylic oxidation sites excluding steroid dienone is 2. The summed E-state index contributed by atoms with van der Waals surface area (Å²) in [5.74, 6) is -0.0327. The zero-order chi connectivity index (χ0) is 35.7. The number of aliphatic hydroxyl groups excluding tert-OH is 2. The van der Waals surface area contributed by atoms with Gasteiger partial charge in [0.25, 0.3) is 0 Å². The second-order valence-corrected chi connectivity index (χ2v) is 15.5. The second-order valence-electron chi connectivity index (χ2n) is 15.5. The summed E-state index contributed by atoms with van der Waals surface area (Å²) in [4.78, 5) is 12.4. The monoisotopic (exact) mass is 692 g/mol. The highest BCUT2D eigenvalue weighted by Gasteiger charge is 2.20. The first-order valence-electron chi connectivity index (χ1n) is 22.4. The third-order valence-electron chi connectivity index (χ3n) is 10.5. The van der Waals surface area contributed by atoms with E-state index in [0.29, 0.717) is 12.8 Å². The number of carbonyl (C=O) groups is 1. The lowest BCUT2D eigenvalue weighted by Gasteiger charge is -2.22. The van der Waals surface area contributed by atoms with E-state index >= 15 is 0 Å². The standard InChI is InChI=1S/C45H89NO3/c1-3-5-7-9-11-13-15-17-19-21-23-25-27-29-31-33-35-37-39-41-45(49)46-43(42-47)44(48)40-38-36-34-32-30-28-26-24-22-20-18-16-14-12-10-8-6-4-2/h21,23,43-44,47-48H,3-20,22,24-42H2,1-2H3,(H,46,49)/b23-21-. The normalized spacial score (nSPS) is 13.0. The Morgan fingerprint density at radius 3 is 1.12 bits per heavy atom. The number of rotatable bonds is 41. The fraction of sp³-hybridized carbons (Fsp3) is 0.933. The summed E-state index contributed by atoms with van der Waals surface area (Å²) in [6.45, 7) is 4.37. The van der Waals surface area contributed by atoms with Gasteiger partial charge in [-0.1, -0.05) is 219 Å². The molecule has 0 heterocycles. The number of unbranched alkanes of at least 4 members (excludes halogenated alkanes) is 32. The Labute approximate surface area is 307 Å². The van der Waals surface area contributed by atoms with Gasteiger partial charge in [0.05, 0.1) is 18.8 Å². The first kappa shape index (κ1) is 48.1. The number of hydrogen-bond acceptors (Lipinski definition) is 3. The van der Waals surface area contributed by atoms with Crippen LogP contribution in [0.5, 0.6) is 0 Å². The van der Waals surface area contributed by atoms with E-state index in [1.807, 2.05) is 0 Å². The summed E-state index contributed by atoms with van der Waals surface area (Å²) in [5, 5.41) is 23.2. The van der Waals surface area contributed by atoms with E-state index < -0.39 is 12.1 Å². The van der Waals surface area contributed by atoms with Crippen LogP contribution >= 0.6 is 0 Å². The maximum absolute atomic E-state index is 12.4. The minimum Gasteiger partial charge on any atom is -0.394 e. The average molecular weight is 692 g/mol. The first-order chi connectivity index (χ1) is 24.2. The van der Waals surface area contributed by atoms with E-state index in [4.69, 9.17) is 0 Å². The summed E-state index contributed by atoms with van der Waals surface area (Å²) in [6, 6.07) is -0.535. The van der Waals surface area contributed by atoms with Crippen LogP contribution in [0.3, 0.4) is 0 Å². The maximum Gasteiger partial charge on any atom is 0.220 e. The van der Waals surface area contributed by atoms with Gasteiger partial charge in [-0.15, -0.1) is 0 Å². The van der Waals surface area contributed by atoms with Crippen LogP contribution in [-0.2, 0) is 4.79 Å². The summed E-state index contributed by atoms with van der Waals surface area (Å²) >= 11 is 0. The molecule has 4 nitrogen and oxygen atoms in total. The molecule has 0 aromatic heterocycles. The van der Waals surface area contributed by atoms with Gasteiger partial charge < -0.3 is 15.5 Å². The van der Waals surface area contributed by atoms with Crippen LogP contribution in [-0.4, -0.2) is 34.9 Å². The molecule has 3 N–H and O–H groups in total. The van der Waals surface area contributed by atoms with Crippen molar-refractivity contribution >= 4 is 5.91 Å². The molecule has 0 aliphatic heterocycles. The van der Waals surface area contributed by atoms with Crippen LogP contribution in [0.1, 0.15) is 251 Å². The van der Waals surface area contributed by atoms with Gasteiger partial charge in [-0.25, -0.2) is 0 Å². The van der Waals surface area contributed by atoms with Crippen molar-refractivity contribution in [2.75, 3.05) is 6.61 Å². The Kier molecular flexibility index (Phi) is 40.8. The van der Waals surface area contributed by atoms with Gasteiger partial charge in [0.15, 0.2) is 0 Å². The van der Waals surface area contributed by atoms with Crippen molar-refractivity contribution in [3.05, 3.63) is 12.2 Å². The van der Waals surface area contributed by atoms with E-state index in [2.05, 4.69) is 31.3 Å². The molecule has 0 aliphatic carbocycles. The van der Waals surface area contributed by atoms with Crippen LogP contribution < -0.4 is 5.32 Å². The van der Waals surface area contributed by atoms with Crippen molar-refractivity contribution in [2.45, 2.75) is 264 Å². The zero-order valence-corrected chi connectivity index (χ0v) is 33.5. The molecular weight excluding hydrogens is 602 g/mol. The van der Waals surface area contributed by atoms with Crippen LogP contribution in [0.25, 0.3) is 0 Å². The quantitative estimate of drug-likeness (QED) is 0.0441. The van der Waals surface area contributed by atoms with Gasteiger partial charge in [-0.05, 0) is 38.5 Å². The van der Waals surface area contributed by atoms with Gasteiger partial charge >= 0.3 is 0 Å². The van der Waals surface area contributed by atoms with Crippen molar-refractivity contribution in [1.82, 2.24) is 5.32 Å². The van der Waals surface area contributed by atoms with Crippen LogP contribution in [0.15, 0.2) is 12.2 Å². The summed E-state index contributed by atoms with van der Waals surface area (Å²) in [5.41, 5.74) is 0. The molecule has 2 atom stereocenters. The average Bonchev–Trinajstić information content (AvgIpc) is 3.10. The molecule has 1 amide bonds. The molecule has 0 aliphatic rings. The molecule has 0 aromatic rings. The molecule has 4 heteroatoms. The van der Waals surface area contributed by atoms with E-state index in [-0.39, 0.29) is 12.5 Å². The minimum absolute atomic E-state index is 0.0327.